The van der Waals surface area contributed by atoms with Crippen LogP contribution in [0.15, 0.2) is 46.2 Å². The monoisotopic (exact) mass is 275 g/mol. The van der Waals surface area contributed by atoms with E-state index in [-0.39, 0.29) is 11.9 Å². The van der Waals surface area contributed by atoms with Gasteiger partial charge in [-0.1, -0.05) is 17.8 Å². The molecule has 0 saturated heterocycles. The van der Waals surface area contributed by atoms with Crippen molar-refractivity contribution in [1.82, 2.24) is 0 Å². The smallest absolute Gasteiger partial charge is 0.123 e. The standard InChI is InChI=1S/C16H18FNS/c1-10-4-6-14(8-11(10)2)19-16-7-5-13(17)9-15(16)12(3)18/h4-9,12H,18H2,1-3H3/t12-/m1/s1. The molecule has 0 aliphatic heterocycles. The highest BCUT2D eigenvalue weighted by molar-refractivity contribution is 7.99. The van der Waals surface area contributed by atoms with Crippen LogP contribution in [-0.4, -0.2) is 0 Å². The summed E-state index contributed by atoms with van der Waals surface area (Å²) in [4.78, 5) is 2.16. The summed E-state index contributed by atoms with van der Waals surface area (Å²) in [5, 5.41) is 0. The number of hydrogen-bond donors (Lipinski definition) is 1. The highest BCUT2D eigenvalue weighted by Crippen LogP contribution is 2.34. The molecule has 2 rings (SSSR count). The lowest BCUT2D eigenvalue weighted by atomic mass is 10.1. The molecule has 0 unspecified atom stereocenters. The molecule has 0 amide bonds. The largest absolute Gasteiger partial charge is 0.324 e. The third kappa shape index (κ3) is 3.37. The molecule has 2 N–H and O–H groups in total. The Hall–Kier alpha value is -1.32. The lowest BCUT2D eigenvalue weighted by molar-refractivity contribution is 0.619. The van der Waals surface area contributed by atoms with Crippen molar-refractivity contribution in [1.29, 1.82) is 0 Å². The Morgan fingerprint density at radius 3 is 2.42 bits per heavy atom. The SMILES string of the molecule is Cc1ccc(Sc2ccc(F)cc2[C@@H](C)N)cc1C. The number of rotatable bonds is 3. The summed E-state index contributed by atoms with van der Waals surface area (Å²) in [6.45, 7) is 6.06. The maximum atomic E-state index is 13.3. The molecule has 1 nitrogen and oxygen atoms in total. The van der Waals surface area contributed by atoms with E-state index in [9.17, 15) is 4.39 Å². The van der Waals surface area contributed by atoms with E-state index in [4.69, 9.17) is 5.73 Å². The number of aryl methyl sites for hydroxylation is 2. The van der Waals surface area contributed by atoms with Crippen molar-refractivity contribution in [3.63, 3.8) is 0 Å². The Labute approximate surface area is 118 Å². The fraction of sp³-hybridized carbons (Fsp3) is 0.250. The number of benzene rings is 2. The van der Waals surface area contributed by atoms with Gasteiger partial charge in [0.15, 0.2) is 0 Å². The second-order valence-corrected chi connectivity index (χ2v) is 5.93. The first-order valence-electron chi connectivity index (χ1n) is 6.27. The fourth-order valence-corrected chi connectivity index (χ4v) is 3.00. The molecule has 1 atom stereocenters. The highest BCUT2D eigenvalue weighted by Gasteiger charge is 2.10. The maximum Gasteiger partial charge on any atom is 0.123 e. The normalized spacial score (nSPS) is 12.5. The molecule has 0 aliphatic rings. The third-order valence-corrected chi connectivity index (χ3v) is 4.25. The zero-order valence-corrected chi connectivity index (χ0v) is 12.2. The average Bonchev–Trinajstić information content (AvgIpc) is 2.36. The summed E-state index contributed by atoms with van der Waals surface area (Å²) in [5.41, 5.74) is 9.29. The van der Waals surface area contributed by atoms with E-state index in [2.05, 4.69) is 32.0 Å². The molecule has 100 valence electrons. The molecule has 0 spiro atoms. The molecule has 0 radical (unpaired) electrons. The van der Waals surface area contributed by atoms with Crippen molar-refractivity contribution < 1.29 is 4.39 Å². The summed E-state index contributed by atoms with van der Waals surface area (Å²) in [6, 6.07) is 11.0. The predicted molar refractivity (Wildman–Crippen MR) is 79.0 cm³/mol. The summed E-state index contributed by atoms with van der Waals surface area (Å²) < 4.78 is 13.3. The van der Waals surface area contributed by atoms with Crippen molar-refractivity contribution in [2.75, 3.05) is 0 Å². The van der Waals surface area contributed by atoms with Gasteiger partial charge in [0, 0.05) is 15.8 Å². The van der Waals surface area contributed by atoms with E-state index >= 15 is 0 Å². The van der Waals surface area contributed by atoms with Crippen molar-refractivity contribution in [2.24, 2.45) is 5.73 Å². The molecule has 0 aliphatic carbocycles. The van der Waals surface area contributed by atoms with Crippen LogP contribution in [0.3, 0.4) is 0 Å². The average molecular weight is 275 g/mol. The first kappa shape index (κ1) is 14.1. The quantitative estimate of drug-likeness (QED) is 0.885. The van der Waals surface area contributed by atoms with Crippen LogP contribution >= 0.6 is 11.8 Å². The molecule has 0 bridgehead atoms. The van der Waals surface area contributed by atoms with Crippen LogP contribution in [0.4, 0.5) is 4.39 Å². The minimum atomic E-state index is -0.239. The second-order valence-electron chi connectivity index (χ2n) is 4.82. The van der Waals surface area contributed by atoms with Gasteiger partial charge < -0.3 is 5.73 Å². The second kappa shape index (κ2) is 5.76. The minimum Gasteiger partial charge on any atom is -0.324 e. The molecule has 0 fully saturated rings. The molecule has 3 heteroatoms. The molecule has 2 aromatic rings. The Balaban J connectivity index is 2.35. The topological polar surface area (TPSA) is 26.0 Å². The van der Waals surface area contributed by atoms with Gasteiger partial charge in [0.1, 0.15) is 5.82 Å². The molecule has 0 aromatic heterocycles. The van der Waals surface area contributed by atoms with Crippen molar-refractivity contribution in [3.8, 4) is 0 Å². The molecule has 0 saturated carbocycles. The van der Waals surface area contributed by atoms with Gasteiger partial charge in [-0.2, -0.15) is 0 Å². The zero-order valence-electron chi connectivity index (χ0n) is 11.4. The minimum absolute atomic E-state index is 0.176. The Morgan fingerprint density at radius 1 is 1.05 bits per heavy atom. The van der Waals surface area contributed by atoms with Gasteiger partial charge in [-0.15, -0.1) is 0 Å². The summed E-state index contributed by atoms with van der Waals surface area (Å²) in [7, 11) is 0. The van der Waals surface area contributed by atoms with E-state index < -0.39 is 0 Å². The summed E-state index contributed by atoms with van der Waals surface area (Å²) >= 11 is 1.63. The maximum absolute atomic E-state index is 13.3. The van der Waals surface area contributed by atoms with Gasteiger partial charge in [0.05, 0.1) is 0 Å². The van der Waals surface area contributed by atoms with E-state index in [1.165, 1.54) is 23.3 Å². The van der Waals surface area contributed by atoms with Crippen LogP contribution in [0.1, 0.15) is 29.7 Å². The van der Waals surface area contributed by atoms with Gasteiger partial charge >= 0.3 is 0 Å². The lowest BCUT2D eigenvalue weighted by Gasteiger charge is -2.13. The van der Waals surface area contributed by atoms with Crippen molar-refractivity contribution in [2.45, 2.75) is 36.6 Å². The molecular weight excluding hydrogens is 257 g/mol. The first-order chi connectivity index (χ1) is 8.97. The van der Waals surface area contributed by atoms with Gasteiger partial charge in [-0.3, -0.25) is 0 Å². The van der Waals surface area contributed by atoms with Gasteiger partial charge in [0.2, 0.25) is 0 Å². The third-order valence-electron chi connectivity index (χ3n) is 3.17. The molecule has 19 heavy (non-hydrogen) atoms. The number of nitrogens with two attached hydrogens (primary N) is 1. The highest BCUT2D eigenvalue weighted by atomic mass is 32.2. The van der Waals surface area contributed by atoms with Crippen molar-refractivity contribution >= 4 is 11.8 Å². The van der Waals surface area contributed by atoms with Gasteiger partial charge in [-0.25, -0.2) is 4.39 Å². The van der Waals surface area contributed by atoms with Crippen molar-refractivity contribution in [3.05, 3.63) is 58.9 Å². The van der Waals surface area contributed by atoms with Crippen LogP contribution in [-0.2, 0) is 0 Å². The van der Waals surface area contributed by atoms with Crippen LogP contribution in [0.25, 0.3) is 0 Å². The Morgan fingerprint density at radius 2 is 1.79 bits per heavy atom. The Bertz CT molecular complexity index is 593. The van der Waals surface area contributed by atoms with Crippen LogP contribution in [0.5, 0.6) is 0 Å². The molecular formula is C16H18FNS. The first-order valence-corrected chi connectivity index (χ1v) is 7.09. The zero-order chi connectivity index (χ0) is 14.0. The summed E-state index contributed by atoms with van der Waals surface area (Å²) in [5.74, 6) is -0.239. The van der Waals surface area contributed by atoms with E-state index in [0.717, 1.165) is 15.4 Å². The lowest BCUT2D eigenvalue weighted by Crippen LogP contribution is -2.06. The summed E-state index contributed by atoms with van der Waals surface area (Å²) in [6.07, 6.45) is 0. The number of halogens is 1. The molecule has 2 aromatic carbocycles. The van der Waals surface area contributed by atoms with Crippen LogP contribution < -0.4 is 5.73 Å². The number of hydrogen-bond acceptors (Lipinski definition) is 2. The van der Waals surface area contributed by atoms with E-state index in [0.29, 0.717) is 0 Å². The van der Waals surface area contributed by atoms with Crippen LogP contribution in [0.2, 0.25) is 0 Å². The van der Waals surface area contributed by atoms with Gasteiger partial charge in [0.25, 0.3) is 0 Å². The van der Waals surface area contributed by atoms with E-state index in [1.807, 2.05) is 6.92 Å². The Kier molecular flexibility index (Phi) is 4.27. The van der Waals surface area contributed by atoms with Gasteiger partial charge in [-0.05, 0) is 67.8 Å². The van der Waals surface area contributed by atoms with Crippen LogP contribution in [0, 0.1) is 19.7 Å². The predicted octanol–water partition coefficient (Wildman–Crippen LogP) is 4.61. The van der Waals surface area contributed by atoms with E-state index in [1.54, 1.807) is 17.8 Å². The molecule has 0 heterocycles. The fourth-order valence-electron chi connectivity index (χ4n) is 1.87.